The fourth-order valence-electron chi connectivity index (χ4n) is 4.66. The van der Waals surface area contributed by atoms with Gasteiger partial charge in [-0.1, -0.05) is 24.3 Å². The fourth-order valence-corrected chi connectivity index (χ4v) is 5.80. The molecule has 2 saturated heterocycles. The number of hydrogen-bond donors (Lipinski definition) is 1. The van der Waals surface area contributed by atoms with Gasteiger partial charge in [0.25, 0.3) is 0 Å². The lowest BCUT2D eigenvalue weighted by Gasteiger charge is -2.28. The van der Waals surface area contributed by atoms with E-state index in [1.807, 2.05) is 0 Å². The second kappa shape index (κ2) is 8.15. The van der Waals surface area contributed by atoms with Crippen LogP contribution in [0.4, 0.5) is 0 Å². The van der Waals surface area contributed by atoms with Crippen molar-refractivity contribution in [1.82, 2.24) is 10.2 Å². The third kappa shape index (κ3) is 3.83. The summed E-state index contributed by atoms with van der Waals surface area (Å²) in [6, 6.07) is 7.67. The molecular formula is C21H26N2O3S. The first kappa shape index (κ1) is 18.7. The van der Waals surface area contributed by atoms with Gasteiger partial charge in [0.15, 0.2) is 0 Å². The molecule has 2 aliphatic heterocycles. The number of ketones is 1. The molecule has 0 saturated carbocycles. The van der Waals surface area contributed by atoms with E-state index in [4.69, 9.17) is 0 Å². The number of Topliss-reactive ketones (excluding diaryl/α,β-unsaturated/α-hetero) is 1. The summed E-state index contributed by atoms with van der Waals surface area (Å²) in [4.78, 5) is 38.8. The van der Waals surface area contributed by atoms with Gasteiger partial charge in [-0.15, -0.1) is 11.8 Å². The second-order valence-corrected chi connectivity index (χ2v) is 8.97. The first-order chi connectivity index (χ1) is 13.2. The van der Waals surface area contributed by atoms with E-state index in [0.29, 0.717) is 24.8 Å². The molecule has 6 heteroatoms. The van der Waals surface area contributed by atoms with Crippen LogP contribution < -0.4 is 5.32 Å². The van der Waals surface area contributed by atoms with E-state index in [-0.39, 0.29) is 23.0 Å². The predicted octanol–water partition coefficient (Wildman–Crippen LogP) is 1.97. The molecule has 0 spiro atoms. The zero-order valence-corrected chi connectivity index (χ0v) is 16.2. The van der Waals surface area contributed by atoms with Crippen molar-refractivity contribution in [3.63, 3.8) is 0 Å². The summed E-state index contributed by atoms with van der Waals surface area (Å²) in [5.74, 6) is 1.07. The fraction of sp³-hybridized carbons (Fsp3) is 0.571. The minimum Gasteiger partial charge on any atom is -0.332 e. The standard InChI is InChI=1S/C21H26N2O3S/c24-12-17-6-3-9-23(17)21(26)19-20(27-13-22-19)18(25)11-14-7-8-15-4-1-2-5-16(15)10-14/h1-2,4-5,12,14,17,19-20,22H,3,6-11,13H2/t14-,17-,19-,20?/m0/s1. The average Bonchev–Trinajstić information content (AvgIpc) is 3.36. The Hall–Kier alpha value is -1.66. The molecule has 2 fully saturated rings. The Morgan fingerprint density at radius 3 is 2.85 bits per heavy atom. The van der Waals surface area contributed by atoms with Crippen LogP contribution in [-0.4, -0.2) is 52.6 Å². The van der Waals surface area contributed by atoms with E-state index < -0.39 is 6.04 Å². The van der Waals surface area contributed by atoms with Crippen LogP contribution in [0, 0.1) is 5.92 Å². The Morgan fingerprint density at radius 1 is 1.22 bits per heavy atom. The second-order valence-electron chi connectivity index (χ2n) is 7.84. The summed E-state index contributed by atoms with van der Waals surface area (Å²) in [6.45, 7) is 0.616. The summed E-state index contributed by atoms with van der Waals surface area (Å²) in [6.07, 6.45) is 6.00. The SMILES string of the molecule is O=C[C@@H]1CCCN1C(=O)[C@H]1NCSC1C(=O)C[C@H]1CCc2ccccc2C1. The molecule has 144 valence electrons. The van der Waals surface area contributed by atoms with Crippen molar-refractivity contribution in [2.75, 3.05) is 12.4 Å². The molecule has 0 aromatic heterocycles. The molecule has 27 heavy (non-hydrogen) atoms. The van der Waals surface area contributed by atoms with Crippen LogP contribution in [0.25, 0.3) is 0 Å². The van der Waals surface area contributed by atoms with Crippen molar-refractivity contribution in [3.05, 3.63) is 35.4 Å². The normalized spacial score (nSPS) is 30.1. The van der Waals surface area contributed by atoms with E-state index >= 15 is 0 Å². The number of rotatable bonds is 5. The van der Waals surface area contributed by atoms with Gasteiger partial charge in [0.05, 0.1) is 11.3 Å². The highest BCUT2D eigenvalue weighted by Gasteiger charge is 2.43. The third-order valence-electron chi connectivity index (χ3n) is 6.13. The molecule has 1 aromatic rings. The van der Waals surface area contributed by atoms with Crippen LogP contribution in [0.15, 0.2) is 24.3 Å². The van der Waals surface area contributed by atoms with E-state index in [1.54, 1.807) is 4.90 Å². The number of nitrogens with zero attached hydrogens (tertiary/aromatic N) is 1. The summed E-state index contributed by atoms with van der Waals surface area (Å²) >= 11 is 1.53. The highest BCUT2D eigenvalue weighted by atomic mass is 32.2. The van der Waals surface area contributed by atoms with Gasteiger partial charge < -0.3 is 9.69 Å². The van der Waals surface area contributed by atoms with Crippen molar-refractivity contribution in [2.45, 2.75) is 55.9 Å². The molecule has 0 bridgehead atoms. The predicted molar refractivity (Wildman–Crippen MR) is 106 cm³/mol. The highest BCUT2D eigenvalue weighted by Crippen LogP contribution is 2.32. The lowest BCUT2D eigenvalue weighted by atomic mass is 9.81. The van der Waals surface area contributed by atoms with Gasteiger partial charge in [-0.2, -0.15) is 0 Å². The number of benzene rings is 1. The van der Waals surface area contributed by atoms with Crippen LogP contribution in [0.3, 0.4) is 0 Å². The molecule has 5 nitrogen and oxygen atoms in total. The van der Waals surface area contributed by atoms with Crippen LogP contribution >= 0.6 is 11.8 Å². The first-order valence-corrected chi connectivity index (χ1v) is 10.9. The molecule has 2 heterocycles. The van der Waals surface area contributed by atoms with Crippen LogP contribution in [-0.2, 0) is 27.2 Å². The topological polar surface area (TPSA) is 66.5 Å². The summed E-state index contributed by atoms with van der Waals surface area (Å²) in [7, 11) is 0. The molecular weight excluding hydrogens is 360 g/mol. The van der Waals surface area contributed by atoms with Crippen LogP contribution in [0.5, 0.6) is 0 Å². The summed E-state index contributed by atoms with van der Waals surface area (Å²) < 4.78 is 0. The maximum Gasteiger partial charge on any atom is 0.241 e. The Bertz CT molecular complexity index is 738. The monoisotopic (exact) mass is 386 g/mol. The third-order valence-corrected chi connectivity index (χ3v) is 7.36. The molecule has 1 amide bonds. The first-order valence-electron chi connectivity index (χ1n) is 9.87. The average molecular weight is 387 g/mol. The van der Waals surface area contributed by atoms with Gasteiger partial charge in [-0.05, 0) is 49.1 Å². The van der Waals surface area contributed by atoms with Gasteiger partial charge in [-0.25, -0.2) is 0 Å². The number of aldehydes is 1. The Morgan fingerprint density at radius 2 is 2.04 bits per heavy atom. The van der Waals surface area contributed by atoms with Crippen molar-refractivity contribution in [1.29, 1.82) is 0 Å². The number of thioether (sulfide) groups is 1. The Labute approximate surface area is 164 Å². The number of aryl methyl sites for hydroxylation is 1. The number of nitrogens with one attached hydrogen (secondary N) is 1. The quantitative estimate of drug-likeness (QED) is 0.784. The number of likely N-dealkylation sites (tertiary alicyclic amines) is 1. The van der Waals surface area contributed by atoms with Crippen LogP contribution in [0.1, 0.15) is 36.8 Å². The smallest absolute Gasteiger partial charge is 0.241 e. The van der Waals surface area contributed by atoms with Crippen molar-refractivity contribution in [2.24, 2.45) is 5.92 Å². The number of carbonyl (C=O) groups is 3. The molecule has 1 aliphatic carbocycles. The lowest BCUT2D eigenvalue weighted by Crippen LogP contribution is -2.51. The molecule has 3 aliphatic rings. The molecule has 4 rings (SSSR count). The number of amides is 1. The molecule has 0 radical (unpaired) electrons. The number of carbonyl (C=O) groups excluding carboxylic acids is 3. The molecule has 1 unspecified atom stereocenters. The van der Waals surface area contributed by atoms with E-state index in [0.717, 1.165) is 38.4 Å². The van der Waals surface area contributed by atoms with Crippen LogP contribution in [0.2, 0.25) is 0 Å². The van der Waals surface area contributed by atoms with Gasteiger partial charge in [0, 0.05) is 18.8 Å². The number of hydrogen-bond acceptors (Lipinski definition) is 5. The summed E-state index contributed by atoms with van der Waals surface area (Å²) in [5, 5.41) is 2.87. The van der Waals surface area contributed by atoms with E-state index in [9.17, 15) is 14.4 Å². The highest BCUT2D eigenvalue weighted by molar-refractivity contribution is 8.00. The Kier molecular flexibility index (Phi) is 5.64. The van der Waals surface area contributed by atoms with Gasteiger partial charge in [0.1, 0.15) is 18.1 Å². The minimum atomic E-state index is -0.487. The van der Waals surface area contributed by atoms with Gasteiger partial charge >= 0.3 is 0 Å². The van der Waals surface area contributed by atoms with E-state index in [2.05, 4.69) is 29.6 Å². The molecule has 1 aromatic carbocycles. The lowest BCUT2D eigenvalue weighted by molar-refractivity contribution is -0.137. The van der Waals surface area contributed by atoms with E-state index in [1.165, 1.54) is 22.9 Å². The Balaban J connectivity index is 1.39. The summed E-state index contributed by atoms with van der Waals surface area (Å²) in [5.41, 5.74) is 2.76. The molecule has 1 N–H and O–H groups in total. The zero-order chi connectivity index (χ0) is 18.8. The van der Waals surface area contributed by atoms with Crippen molar-refractivity contribution < 1.29 is 14.4 Å². The van der Waals surface area contributed by atoms with Gasteiger partial charge in [0.2, 0.25) is 5.91 Å². The molecule has 4 atom stereocenters. The van der Waals surface area contributed by atoms with Crippen molar-refractivity contribution >= 4 is 29.7 Å². The number of fused-ring (bicyclic) bond motifs is 1. The van der Waals surface area contributed by atoms with Gasteiger partial charge in [-0.3, -0.25) is 14.9 Å². The largest absolute Gasteiger partial charge is 0.332 e. The van der Waals surface area contributed by atoms with Crippen molar-refractivity contribution in [3.8, 4) is 0 Å². The maximum absolute atomic E-state index is 13.0. The minimum absolute atomic E-state index is 0.0815. The maximum atomic E-state index is 13.0. The zero-order valence-electron chi connectivity index (χ0n) is 15.4.